The molecule has 4 rings (SSSR count). The molecule has 2 heterocycles. The van der Waals surface area contributed by atoms with Gasteiger partial charge in [-0.1, -0.05) is 0 Å². The number of anilines is 4. The summed E-state index contributed by atoms with van der Waals surface area (Å²) in [5.74, 6) is 0.461. The molecule has 29 heavy (non-hydrogen) atoms. The zero-order chi connectivity index (χ0) is 20.1. The highest BCUT2D eigenvalue weighted by molar-refractivity contribution is 6.04. The summed E-state index contributed by atoms with van der Waals surface area (Å²) in [5, 5.41) is 23.2. The number of amides is 1. The molecule has 0 radical (unpaired) electrons. The van der Waals surface area contributed by atoms with Crippen molar-refractivity contribution in [2.75, 3.05) is 28.6 Å². The molecule has 7 heteroatoms. The Morgan fingerprint density at radius 1 is 1.00 bits per heavy atom. The van der Waals surface area contributed by atoms with E-state index in [2.05, 4.69) is 25.7 Å². The molecule has 0 saturated carbocycles. The number of aromatic nitrogens is 2. The van der Waals surface area contributed by atoms with Crippen molar-refractivity contribution in [3.05, 3.63) is 71.9 Å². The quantitative estimate of drug-likeness (QED) is 0.692. The molecule has 0 aliphatic carbocycles. The maximum Gasteiger partial charge on any atom is 0.255 e. The standard InChI is InChI=1S/C22H20N6O/c23-14-16-3-5-17(6-4-16)22(29)26-19-9-7-18(8-10-19)25-21-13-20(15-24-27-21)28-11-1-2-12-28/h3-10,13,15H,1-2,11-12H2,(H,25,27)(H,26,29). The molecule has 0 unspecified atom stereocenters. The van der Waals surface area contributed by atoms with E-state index in [4.69, 9.17) is 5.26 Å². The third-order valence-electron chi connectivity index (χ3n) is 4.80. The van der Waals surface area contributed by atoms with Crippen LogP contribution in [0.3, 0.4) is 0 Å². The molecule has 1 aliphatic rings. The first-order chi connectivity index (χ1) is 14.2. The summed E-state index contributed by atoms with van der Waals surface area (Å²) in [7, 11) is 0. The lowest BCUT2D eigenvalue weighted by Gasteiger charge is -2.17. The molecule has 1 saturated heterocycles. The number of nitrogens with zero attached hydrogens (tertiary/aromatic N) is 4. The van der Waals surface area contributed by atoms with E-state index >= 15 is 0 Å². The van der Waals surface area contributed by atoms with Crippen molar-refractivity contribution in [1.29, 1.82) is 5.26 Å². The molecule has 0 spiro atoms. The molecule has 1 fully saturated rings. The van der Waals surface area contributed by atoms with Crippen molar-refractivity contribution in [2.45, 2.75) is 12.8 Å². The first-order valence-electron chi connectivity index (χ1n) is 9.47. The summed E-state index contributed by atoms with van der Waals surface area (Å²) in [6, 6.07) is 17.9. The van der Waals surface area contributed by atoms with E-state index in [0.717, 1.165) is 24.5 Å². The molecule has 0 bridgehead atoms. The predicted octanol–water partition coefficient (Wildman–Crippen LogP) is 3.94. The second kappa shape index (κ2) is 8.40. The number of nitrogens with one attached hydrogen (secondary N) is 2. The highest BCUT2D eigenvalue weighted by Crippen LogP contribution is 2.23. The van der Waals surface area contributed by atoms with Gasteiger partial charge in [-0.15, -0.1) is 5.10 Å². The molecular weight excluding hydrogens is 364 g/mol. The summed E-state index contributed by atoms with van der Waals surface area (Å²) < 4.78 is 0. The Morgan fingerprint density at radius 3 is 2.38 bits per heavy atom. The number of carbonyl (C=O) groups excluding carboxylic acids is 1. The van der Waals surface area contributed by atoms with Crippen molar-refractivity contribution in [3.8, 4) is 6.07 Å². The molecule has 144 valence electrons. The first kappa shape index (κ1) is 18.4. The van der Waals surface area contributed by atoms with Crippen LogP contribution in [-0.4, -0.2) is 29.2 Å². The van der Waals surface area contributed by atoms with E-state index in [-0.39, 0.29) is 5.91 Å². The van der Waals surface area contributed by atoms with E-state index < -0.39 is 0 Å². The van der Waals surface area contributed by atoms with Crippen LogP contribution in [0, 0.1) is 11.3 Å². The lowest BCUT2D eigenvalue weighted by molar-refractivity contribution is 0.102. The SMILES string of the molecule is N#Cc1ccc(C(=O)Nc2ccc(Nc3cc(N4CCCC4)cnn3)cc2)cc1. The Kier molecular flexibility index (Phi) is 5.34. The Balaban J connectivity index is 1.39. The fraction of sp³-hybridized carbons (Fsp3) is 0.182. The summed E-state index contributed by atoms with van der Waals surface area (Å²) in [4.78, 5) is 14.6. The predicted molar refractivity (Wildman–Crippen MR) is 112 cm³/mol. The zero-order valence-electron chi connectivity index (χ0n) is 15.8. The van der Waals surface area contributed by atoms with Gasteiger partial charge in [-0.3, -0.25) is 4.79 Å². The smallest absolute Gasteiger partial charge is 0.255 e. The minimum absolute atomic E-state index is 0.223. The summed E-state index contributed by atoms with van der Waals surface area (Å²) in [6.45, 7) is 2.11. The van der Waals surface area contributed by atoms with Crippen LogP contribution in [0.1, 0.15) is 28.8 Å². The van der Waals surface area contributed by atoms with Gasteiger partial charge in [0.1, 0.15) is 0 Å². The third-order valence-corrected chi connectivity index (χ3v) is 4.80. The number of nitriles is 1. The van der Waals surface area contributed by atoms with Crippen LogP contribution in [-0.2, 0) is 0 Å². The second-order valence-corrected chi connectivity index (χ2v) is 6.84. The lowest BCUT2D eigenvalue weighted by atomic mass is 10.1. The molecule has 0 atom stereocenters. The Bertz CT molecular complexity index is 1030. The molecule has 1 aliphatic heterocycles. The molecule has 2 aromatic carbocycles. The van der Waals surface area contributed by atoms with E-state index in [1.165, 1.54) is 12.8 Å². The van der Waals surface area contributed by atoms with Crippen molar-refractivity contribution in [2.24, 2.45) is 0 Å². The number of benzene rings is 2. The first-order valence-corrected chi connectivity index (χ1v) is 9.47. The molecule has 7 nitrogen and oxygen atoms in total. The van der Waals surface area contributed by atoms with Gasteiger partial charge in [-0.05, 0) is 61.4 Å². The lowest BCUT2D eigenvalue weighted by Crippen LogP contribution is -2.18. The fourth-order valence-corrected chi connectivity index (χ4v) is 3.25. The highest BCUT2D eigenvalue weighted by Gasteiger charge is 2.13. The summed E-state index contributed by atoms with van der Waals surface area (Å²) >= 11 is 0. The summed E-state index contributed by atoms with van der Waals surface area (Å²) in [6.07, 6.45) is 4.21. The van der Waals surface area contributed by atoms with Crippen LogP contribution in [0.5, 0.6) is 0 Å². The normalized spacial score (nSPS) is 13.0. The van der Waals surface area contributed by atoms with Crippen molar-refractivity contribution >= 4 is 28.8 Å². The Morgan fingerprint density at radius 2 is 1.69 bits per heavy atom. The van der Waals surface area contributed by atoms with Gasteiger partial charge in [-0.2, -0.15) is 10.4 Å². The molecule has 2 N–H and O–H groups in total. The van der Waals surface area contributed by atoms with Gasteiger partial charge < -0.3 is 15.5 Å². The van der Waals surface area contributed by atoms with Gasteiger partial charge >= 0.3 is 0 Å². The van der Waals surface area contributed by atoms with E-state index in [0.29, 0.717) is 22.6 Å². The highest BCUT2D eigenvalue weighted by atomic mass is 16.1. The topological polar surface area (TPSA) is 93.9 Å². The average Bonchev–Trinajstić information content (AvgIpc) is 3.30. The van der Waals surface area contributed by atoms with Crippen molar-refractivity contribution in [3.63, 3.8) is 0 Å². The van der Waals surface area contributed by atoms with Crippen LogP contribution in [0.4, 0.5) is 22.9 Å². The van der Waals surface area contributed by atoms with Gasteiger partial charge in [0.25, 0.3) is 5.91 Å². The van der Waals surface area contributed by atoms with Crippen molar-refractivity contribution < 1.29 is 4.79 Å². The van der Waals surface area contributed by atoms with Gasteiger partial charge in [-0.25, -0.2) is 0 Å². The molecular formula is C22H20N6O. The monoisotopic (exact) mass is 384 g/mol. The minimum Gasteiger partial charge on any atom is -0.370 e. The number of hydrogen-bond acceptors (Lipinski definition) is 6. The number of rotatable bonds is 5. The van der Waals surface area contributed by atoms with Crippen LogP contribution in [0.15, 0.2) is 60.8 Å². The van der Waals surface area contributed by atoms with Crippen molar-refractivity contribution in [1.82, 2.24) is 10.2 Å². The molecule has 3 aromatic rings. The van der Waals surface area contributed by atoms with Crippen LogP contribution in [0.2, 0.25) is 0 Å². The molecule has 1 aromatic heterocycles. The minimum atomic E-state index is -0.223. The molecule has 1 amide bonds. The fourth-order valence-electron chi connectivity index (χ4n) is 3.25. The summed E-state index contributed by atoms with van der Waals surface area (Å²) in [5.41, 5.74) is 3.64. The van der Waals surface area contributed by atoms with E-state index in [9.17, 15) is 4.79 Å². The van der Waals surface area contributed by atoms with E-state index in [1.54, 1.807) is 30.5 Å². The van der Waals surface area contributed by atoms with Gasteiger partial charge in [0.2, 0.25) is 0 Å². The Labute approximate surface area is 169 Å². The van der Waals surface area contributed by atoms with Gasteiger partial charge in [0.05, 0.1) is 23.5 Å². The van der Waals surface area contributed by atoms with Crippen LogP contribution < -0.4 is 15.5 Å². The van der Waals surface area contributed by atoms with Gasteiger partial charge in [0, 0.05) is 36.1 Å². The average molecular weight is 384 g/mol. The number of hydrogen-bond donors (Lipinski definition) is 2. The van der Waals surface area contributed by atoms with Crippen LogP contribution >= 0.6 is 0 Å². The largest absolute Gasteiger partial charge is 0.370 e. The maximum atomic E-state index is 12.3. The zero-order valence-corrected chi connectivity index (χ0v) is 15.8. The van der Waals surface area contributed by atoms with E-state index in [1.807, 2.05) is 36.4 Å². The second-order valence-electron chi connectivity index (χ2n) is 6.84. The van der Waals surface area contributed by atoms with Gasteiger partial charge in [0.15, 0.2) is 5.82 Å². The Hall–Kier alpha value is -3.92. The third kappa shape index (κ3) is 4.50. The van der Waals surface area contributed by atoms with Crippen LogP contribution in [0.25, 0.3) is 0 Å². The maximum absolute atomic E-state index is 12.3. The number of carbonyl (C=O) groups is 1.